The maximum atomic E-state index is 12.6. The van der Waals surface area contributed by atoms with Gasteiger partial charge in [0.2, 0.25) is 0 Å². The number of rotatable bonds is 5. The van der Waals surface area contributed by atoms with Gasteiger partial charge in [0.1, 0.15) is 17.8 Å². The molecule has 1 amide bonds. The van der Waals surface area contributed by atoms with E-state index >= 15 is 0 Å². The van der Waals surface area contributed by atoms with Crippen LogP contribution in [0.4, 0.5) is 23.1 Å². The highest BCUT2D eigenvalue weighted by Gasteiger charge is 2.13. The van der Waals surface area contributed by atoms with Gasteiger partial charge in [-0.05, 0) is 23.8 Å². The number of nitrogen functional groups attached to an aromatic ring is 1. The Bertz CT molecular complexity index is 1150. The predicted octanol–water partition coefficient (Wildman–Crippen LogP) is 3.01. The summed E-state index contributed by atoms with van der Waals surface area (Å²) in [4.78, 5) is 20.8. The number of anilines is 4. The number of nitrogens with zero attached hydrogens (tertiary/aromatic N) is 3. The molecule has 0 fully saturated rings. The number of hydrazine groups is 1. The summed E-state index contributed by atoms with van der Waals surface area (Å²) in [6.45, 7) is 1.78. The fourth-order valence-electron chi connectivity index (χ4n) is 2.75. The quantitative estimate of drug-likeness (QED) is 0.392. The molecule has 0 aliphatic rings. The van der Waals surface area contributed by atoms with Crippen molar-refractivity contribution in [3.05, 3.63) is 66.2 Å². The maximum absolute atomic E-state index is 12.6. The van der Waals surface area contributed by atoms with E-state index < -0.39 is 0 Å². The Morgan fingerprint density at radius 1 is 1.07 bits per heavy atom. The Labute approximate surface area is 159 Å². The Balaban J connectivity index is 1.51. The van der Waals surface area contributed by atoms with Crippen LogP contribution in [0.25, 0.3) is 10.8 Å². The van der Waals surface area contributed by atoms with Gasteiger partial charge in [-0.15, -0.1) is 0 Å². The van der Waals surface area contributed by atoms with Gasteiger partial charge < -0.3 is 15.6 Å². The molecule has 0 spiro atoms. The van der Waals surface area contributed by atoms with Crippen LogP contribution < -0.4 is 21.9 Å². The van der Waals surface area contributed by atoms with E-state index in [0.29, 0.717) is 23.0 Å². The third-order valence-corrected chi connectivity index (χ3v) is 4.09. The zero-order valence-corrected chi connectivity index (χ0v) is 14.9. The molecule has 140 valence electrons. The molecule has 5 N–H and O–H groups in total. The highest BCUT2D eigenvalue weighted by atomic mass is 16.5. The van der Waals surface area contributed by atoms with Crippen LogP contribution in [0.5, 0.6) is 0 Å². The number of nitrogens with two attached hydrogens (primary N) is 1. The smallest absolute Gasteiger partial charge is 0.270 e. The van der Waals surface area contributed by atoms with Crippen LogP contribution in [0.1, 0.15) is 16.1 Å². The van der Waals surface area contributed by atoms with E-state index in [4.69, 9.17) is 10.3 Å². The minimum Gasteiger partial charge on any atom is -0.393 e. The fourth-order valence-corrected chi connectivity index (χ4v) is 2.75. The summed E-state index contributed by atoms with van der Waals surface area (Å²) >= 11 is 0. The SMILES string of the molecule is Cc1cc(Nc2ncnc(NNC(=O)c3cccc4ccccc34)c2N)no1. The number of benzene rings is 2. The Morgan fingerprint density at radius 2 is 1.86 bits per heavy atom. The van der Waals surface area contributed by atoms with Crippen molar-refractivity contribution in [2.75, 3.05) is 16.5 Å². The zero-order valence-electron chi connectivity index (χ0n) is 14.9. The van der Waals surface area contributed by atoms with Gasteiger partial charge in [-0.3, -0.25) is 15.6 Å². The molecule has 2 aromatic carbocycles. The molecule has 28 heavy (non-hydrogen) atoms. The van der Waals surface area contributed by atoms with E-state index in [0.717, 1.165) is 10.8 Å². The zero-order chi connectivity index (χ0) is 19.5. The van der Waals surface area contributed by atoms with Gasteiger partial charge in [-0.2, -0.15) is 0 Å². The summed E-state index contributed by atoms with van der Waals surface area (Å²) in [5.74, 6) is 1.40. The van der Waals surface area contributed by atoms with Crippen molar-refractivity contribution in [2.24, 2.45) is 0 Å². The molecule has 0 bridgehead atoms. The molecule has 0 atom stereocenters. The number of aromatic nitrogens is 3. The van der Waals surface area contributed by atoms with Gasteiger partial charge in [0.25, 0.3) is 5.91 Å². The van der Waals surface area contributed by atoms with Crippen molar-refractivity contribution in [3.63, 3.8) is 0 Å². The van der Waals surface area contributed by atoms with E-state index in [1.165, 1.54) is 6.33 Å². The summed E-state index contributed by atoms with van der Waals surface area (Å²) in [6, 6.07) is 14.9. The molecular formula is C19H17N7O2. The normalized spacial score (nSPS) is 10.6. The number of amides is 1. The molecule has 0 aliphatic carbocycles. The number of nitrogens with one attached hydrogen (secondary N) is 3. The third kappa shape index (κ3) is 3.40. The molecule has 4 rings (SSSR count). The summed E-state index contributed by atoms with van der Waals surface area (Å²) in [5, 5.41) is 8.60. The van der Waals surface area contributed by atoms with Crippen LogP contribution in [-0.2, 0) is 0 Å². The van der Waals surface area contributed by atoms with Crippen molar-refractivity contribution >= 4 is 39.8 Å². The van der Waals surface area contributed by atoms with Crippen LogP contribution in [0.2, 0.25) is 0 Å². The second-order valence-electron chi connectivity index (χ2n) is 6.04. The van der Waals surface area contributed by atoms with Crippen molar-refractivity contribution in [2.45, 2.75) is 6.92 Å². The molecule has 9 nitrogen and oxygen atoms in total. The predicted molar refractivity (Wildman–Crippen MR) is 106 cm³/mol. The van der Waals surface area contributed by atoms with Gasteiger partial charge in [0.15, 0.2) is 17.5 Å². The summed E-state index contributed by atoms with van der Waals surface area (Å²) in [5.41, 5.74) is 12.2. The molecule has 9 heteroatoms. The van der Waals surface area contributed by atoms with E-state index in [2.05, 4.69) is 31.3 Å². The van der Waals surface area contributed by atoms with Crippen molar-refractivity contribution < 1.29 is 9.32 Å². The lowest BCUT2D eigenvalue weighted by molar-refractivity contribution is 0.0964. The number of aryl methyl sites for hydroxylation is 1. The molecule has 4 aromatic rings. The molecule has 0 saturated carbocycles. The van der Waals surface area contributed by atoms with Crippen LogP contribution in [0, 0.1) is 6.92 Å². The van der Waals surface area contributed by atoms with Gasteiger partial charge in [0, 0.05) is 11.6 Å². The largest absolute Gasteiger partial charge is 0.393 e. The minimum atomic E-state index is -0.309. The van der Waals surface area contributed by atoms with Gasteiger partial charge in [0.05, 0.1) is 0 Å². The van der Waals surface area contributed by atoms with E-state index in [9.17, 15) is 4.79 Å². The lowest BCUT2D eigenvalue weighted by Gasteiger charge is -2.13. The first-order valence-electron chi connectivity index (χ1n) is 8.47. The van der Waals surface area contributed by atoms with Crippen LogP contribution in [0.15, 0.2) is 59.4 Å². The van der Waals surface area contributed by atoms with Gasteiger partial charge in [-0.1, -0.05) is 41.6 Å². The Kier molecular flexibility index (Phi) is 4.47. The molecule has 2 heterocycles. The first-order chi connectivity index (χ1) is 13.6. The monoisotopic (exact) mass is 375 g/mol. The lowest BCUT2D eigenvalue weighted by atomic mass is 10.0. The van der Waals surface area contributed by atoms with Crippen LogP contribution in [-0.4, -0.2) is 21.0 Å². The summed E-state index contributed by atoms with van der Waals surface area (Å²) < 4.78 is 5.00. The Morgan fingerprint density at radius 3 is 2.68 bits per heavy atom. The lowest BCUT2D eigenvalue weighted by Crippen LogP contribution is -2.30. The molecule has 2 aromatic heterocycles. The average molecular weight is 375 g/mol. The standard InChI is InChI=1S/C19H17N7O2/c1-11-9-15(26-28-11)23-17-16(20)18(22-10-21-17)24-25-19(27)14-8-4-6-12-5-2-3-7-13(12)14/h2-10H,20H2,1H3,(H,25,27)(H2,21,22,23,24,26). The second kappa shape index (κ2) is 7.23. The van der Waals surface area contributed by atoms with Crippen molar-refractivity contribution in [1.82, 2.24) is 20.6 Å². The first-order valence-corrected chi connectivity index (χ1v) is 8.47. The average Bonchev–Trinajstić information content (AvgIpc) is 3.12. The van der Waals surface area contributed by atoms with E-state index in [1.54, 1.807) is 19.1 Å². The number of fused-ring (bicyclic) bond motifs is 1. The minimum absolute atomic E-state index is 0.223. The molecular weight excluding hydrogens is 358 g/mol. The highest BCUT2D eigenvalue weighted by molar-refractivity contribution is 6.07. The van der Waals surface area contributed by atoms with Gasteiger partial charge >= 0.3 is 0 Å². The van der Waals surface area contributed by atoms with Gasteiger partial charge in [-0.25, -0.2) is 9.97 Å². The third-order valence-electron chi connectivity index (χ3n) is 4.09. The molecule has 0 aliphatic heterocycles. The fraction of sp³-hybridized carbons (Fsp3) is 0.0526. The molecule has 0 radical (unpaired) electrons. The first kappa shape index (κ1) is 17.3. The number of hydrogen-bond donors (Lipinski definition) is 4. The van der Waals surface area contributed by atoms with Crippen molar-refractivity contribution in [1.29, 1.82) is 0 Å². The summed E-state index contributed by atoms with van der Waals surface area (Å²) in [6.07, 6.45) is 1.32. The number of carbonyl (C=O) groups excluding carboxylic acids is 1. The Hall–Kier alpha value is -4.14. The van der Waals surface area contributed by atoms with Crippen LogP contribution >= 0.6 is 0 Å². The number of carbonyl (C=O) groups is 1. The molecule has 0 unspecified atom stereocenters. The van der Waals surface area contributed by atoms with E-state index in [1.807, 2.05) is 36.4 Å². The highest BCUT2D eigenvalue weighted by Crippen LogP contribution is 2.25. The maximum Gasteiger partial charge on any atom is 0.270 e. The van der Waals surface area contributed by atoms with Crippen molar-refractivity contribution in [3.8, 4) is 0 Å². The van der Waals surface area contributed by atoms with E-state index in [-0.39, 0.29) is 17.4 Å². The number of hydrogen-bond acceptors (Lipinski definition) is 8. The topological polar surface area (TPSA) is 131 Å². The molecule has 0 saturated heterocycles. The van der Waals surface area contributed by atoms with Crippen LogP contribution in [0.3, 0.4) is 0 Å². The summed E-state index contributed by atoms with van der Waals surface area (Å²) in [7, 11) is 0. The second-order valence-corrected chi connectivity index (χ2v) is 6.04.